The lowest BCUT2D eigenvalue weighted by Gasteiger charge is -2.38. The van der Waals surface area contributed by atoms with Gasteiger partial charge >= 0.3 is 5.97 Å². The van der Waals surface area contributed by atoms with Crippen LogP contribution in [0, 0.1) is 0 Å². The first-order valence-electron chi connectivity index (χ1n) is 5.12. The number of aliphatic hydroxyl groups is 3. The Morgan fingerprint density at radius 2 is 2.00 bits per heavy atom. The van der Waals surface area contributed by atoms with Crippen LogP contribution in [0.1, 0.15) is 0 Å². The zero-order valence-electron chi connectivity index (χ0n) is 9.35. The second-order valence-corrected chi connectivity index (χ2v) is 4.79. The van der Waals surface area contributed by atoms with E-state index >= 15 is 0 Å². The third-order valence-corrected chi connectivity index (χ3v) is 3.59. The summed E-state index contributed by atoms with van der Waals surface area (Å²) in [7, 11) is 1.15. The van der Waals surface area contributed by atoms with Crippen LogP contribution in [0.5, 0.6) is 0 Å². The number of carbonyl (C=O) groups is 1. The molecule has 0 aromatic heterocycles. The molecule has 0 aromatic carbocycles. The van der Waals surface area contributed by atoms with Gasteiger partial charge in [-0.1, -0.05) is 0 Å². The number of methoxy groups -OCH3 is 1. The summed E-state index contributed by atoms with van der Waals surface area (Å²) >= 11 is 1.17. The summed E-state index contributed by atoms with van der Waals surface area (Å²) in [6.45, 7) is 0.374. The van der Waals surface area contributed by atoms with Crippen LogP contribution >= 0.6 is 11.8 Å². The highest BCUT2D eigenvalue weighted by molar-refractivity contribution is 7.99. The van der Waals surface area contributed by atoms with Gasteiger partial charge in [-0.3, -0.25) is 0 Å². The highest BCUT2D eigenvalue weighted by Gasteiger charge is 2.47. The second kappa shape index (κ2) is 6.53. The number of thioether (sulfide) groups is 1. The molecule has 5 atom stereocenters. The maximum Gasteiger partial charge on any atom is 0.337 e. The first-order valence-corrected chi connectivity index (χ1v) is 6.17. The fraction of sp³-hybridized carbons (Fsp3) is 0.889. The van der Waals surface area contributed by atoms with E-state index in [1.165, 1.54) is 11.8 Å². The Hall–Kier alpha value is -0.380. The average Bonchev–Trinajstić information content (AvgIpc) is 2.34. The van der Waals surface area contributed by atoms with Gasteiger partial charge in [0.2, 0.25) is 0 Å². The first kappa shape index (κ1) is 14.7. The first-order chi connectivity index (χ1) is 8.02. The molecule has 0 radical (unpaired) electrons. The van der Waals surface area contributed by atoms with Crippen LogP contribution in [-0.2, 0) is 14.3 Å². The lowest BCUT2D eigenvalue weighted by Crippen LogP contribution is -2.59. The number of aliphatic hydroxyl groups excluding tert-OH is 3. The lowest BCUT2D eigenvalue weighted by atomic mass is 10.00. The largest absolute Gasteiger partial charge is 0.467 e. The maximum atomic E-state index is 11.3. The maximum absolute atomic E-state index is 11.3. The molecule has 1 saturated heterocycles. The minimum atomic E-state index is -1.51. The quantitative estimate of drug-likeness (QED) is 0.418. The van der Waals surface area contributed by atoms with Gasteiger partial charge < -0.3 is 30.5 Å². The summed E-state index contributed by atoms with van der Waals surface area (Å²) < 4.78 is 9.65. The standard InChI is InChI=1S/C9H17NO6S/c1-15-8(14)7-5(12)4(11)6(13)9(16-7)17-3-2-10/h4-7,9,11-13H,2-3,10H2,1H3/t4-,5-,6-,7+,9-/m0/s1. The molecule has 7 nitrogen and oxygen atoms in total. The Morgan fingerprint density at radius 1 is 1.35 bits per heavy atom. The number of esters is 1. The van der Waals surface area contributed by atoms with E-state index in [-0.39, 0.29) is 0 Å². The zero-order chi connectivity index (χ0) is 13.0. The molecule has 0 aromatic rings. The fourth-order valence-electron chi connectivity index (χ4n) is 1.48. The van der Waals surface area contributed by atoms with Crippen LogP contribution < -0.4 is 5.73 Å². The minimum absolute atomic E-state index is 0.374. The molecule has 1 rings (SSSR count). The van der Waals surface area contributed by atoms with Gasteiger partial charge in [0.05, 0.1) is 7.11 Å². The molecule has 0 amide bonds. The fourth-order valence-corrected chi connectivity index (χ4v) is 2.41. The summed E-state index contributed by atoms with van der Waals surface area (Å²) in [5, 5.41) is 28.8. The van der Waals surface area contributed by atoms with E-state index in [0.29, 0.717) is 12.3 Å². The van der Waals surface area contributed by atoms with Gasteiger partial charge in [0.15, 0.2) is 6.10 Å². The van der Waals surface area contributed by atoms with Crippen molar-refractivity contribution in [1.29, 1.82) is 0 Å². The average molecular weight is 267 g/mol. The number of ether oxygens (including phenoxy) is 2. The van der Waals surface area contributed by atoms with Crippen molar-refractivity contribution in [3.63, 3.8) is 0 Å². The zero-order valence-corrected chi connectivity index (χ0v) is 10.2. The van der Waals surface area contributed by atoms with Crippen molar-refractivity contribution in [2.45, 2.75) is 29.9 Å². The molecule has 0 unspecified atom stereocenters. The van der Waals surface area contributed by atoms with Gasteiger partial charge in [0.1, 0.15) is 23.7 Å². The van der Waals surface area contributed by atoms with E-state index in [9.17, 15) is 20.1 Å². The SMILES string of the molecule is COC(=O)[C@@H]1O[C@@H](SCCN)[C@@H](O)[C@@H](O)[C@@H]1O. The van der Waals surface area contributed by atoms with Crippen molar-refractivity contribution in [2.24, 2.45) is 5.73 Å². The van der Waals surface area contributed by atoms with E-state index in [2.05, 4.69) is 4.74 Å². The van der Waals surface area contributed by atoms with Crippen molar-refractivity contribution in [1.82, 2.24) is 0 Å². The number of hydrogen-bond acceptors (Lipinski definition) is 8. The van der Waals surface area contributed by atoms with Gasteiger partial charge in [0, 0.05) is 12.3 Å². The number of hydrogen-bond donors (Lipinski definition) is 4. The Morgan fingerprint density at radius 3 is 2.53 bits per heavy atom. The molecule has 8 heteroatoms. The monoisotopic (exact) mass is 267 g/mol. The van der Waals surface area contributed by atoms with E-state index < -0.39 is 35.8 Å². The van der Waals surface area contributed by atoms with Gasteiger partial charge in [-0.2, -0.15) is 0 Å². The van der Waals surface area contributed by atoms with Gasteiger partial charge in [0.25, 0.3) is 0 Å². The summed E-state index contributed by atoms with van der Waals surface area (Å²) in [4.78, 5) is 11.3. The lowest BCUT2D eigenvalue weighted by molar-refractivity contribution is -0.211. The van der Waals surface area contributed by atoms with E-state index in [0.717, 1.165) is 7.11 Å². The van der Waals surface area contributed by atoms with E-state index in [1.807, 2.05) is 0 Å². The number of carbonyl (C=O) groups excluding carboxylic acids is 1. The Bertz CT molecular complexity index is 266. The number of nitrogens with two attached hydrogens (primary N) is 1. The molecule has 1 fully saturated rings. The Balaban J connectivity index is 2.71. The molecule has 17 heavy (non-hydrogen) atoms. The molecule has 0 spiro atoms. The summed E-state index contributed by atoms with van der Waals surface area (Å²) in [5.74, 6) is -0.292. The molecule has 100 valence electrons. The van der Waals surface area contributed by atoms with Crippen molar-refractivity contribution < 1.29 is 29.6 Å². The van der Waals surface area contributed by atoms with E-state index in [4.69, 9.17) is 10.5 Å². The van der Waals surface area contributed by atoms with Gasteiger partial charge in [-0.15, -0.1) is 11.8 Å². The summed E-state index contributed by atoms with van der Waals surface area (Å²) in [5.41, 5.74) is 4.49. The second-order valence-electron chi connectivity index (χ2n) is 3.58. The molecule has 1 aliphatic rings. The highest BCUT2D eigenvalue weighted by atomic mass is 32.2. The van der Waals surface area contributed by atoms with Crippen molar-refractivity contribution in [2.75, 3.05) is 19.4 Å². The smallest absolute Gasteiger partial charge is 0.337 e. The van der Waals surface area contributed by atoms with Crippen molar-refractivity contribution in [3.8, 4) is 0 Å². The Labute approximate surface area is 103 Å². The predicted molar refractivity (Wildman–Crippen MR) is 60.2 cm³/mol. The molecule has 0 aliphatic carbocycles. The highest BCUT2D eigenvalue weighted by Crippen LogP contribution is 2.28. The predicted octanol–water partition coefficient (Wildman–Crippen LogP) is -2.34. The van der Waals surface area contributed by atoms with Gasteiger partial charge in [-0.05, 0) is 0 Å². The third-order valence-electron chi connectivity index (χ3n) is 2.40. The molecule has 0 bridgehead atoms. The topological polar surface area (TPSA) is 122 Å². The van der Waals surface area contributed by atoms with Crippen LogP contribution in [-0.4, -0.2) is 70.5 Å². The molecule has 5 N–H and O–H groups in total. The molecular weight excluding hydrogens is 250 g/mol. The van der Waals surface area contributed by atoms with E-state index in [1.54, 1.807) is 0 Å². The minimum Gasteiger partial charge on any atom is -0.467 e. The molecule has 0 saturated carbocycles. The Kier molecular flexibility index (Phi) is 5.63. The molecule has 1 aliphatic heterocycles. The third kappa shape index (κ3) is 3.30. The van der Waals surface area contributed by atoms with Crippen LogP contribution in [0.2, 0.25) is 0 Å². The van der Waals surface area contributed by atoms with Crippen LogP contribution in [0.15, 0.2) is 0 Å². The van der Waals surface area contributed by atoms with Crippen LogP contribution in [0.25, 0.3) is 0 Å². The van der Waals surface area contributed by atoms with Crippen molar-refractivity contribution >= 4 is 17.7 Å². The number of rotatable bonds is 4. The van der Waals surface area contributed by atoms with Crippen LogP contribution in [0.4, 0.5) is 0 Å². The van der Waals surface area contributed by atoms with Gasteiger partial charge in [-0.25, -0.2) is 4.79 Å². The molecule has 1 heterocycles. The summed E-state index contributed by atoms with van der Waals surface area (Å²) in [6.07, 6.45) is -5.54. The normalized spacial score (nSPS) is 37.8. The summed E-state index contributed by atoms with van der Waals surface area (Å²) in [6, 6.07) is 0. The van der Waals surface area contributed by atoms with Crippen LogP contribution in [0.3, 0.4) is 0 Å². The molecular formula is C9H17NO6S. The van der Waals surface area contributed by atoms with Crippen molar-refractivity contribution in [3.05, 3.63) is 0 Å².